The monoisotopic (exact) mass is 382 g/mol. The Labute approximate surface area is 162 Å². The maximum atomic E-state index is 12.7. The topological polar surface area (TPSA) is 92.8 Å². The molecule has 4 rings (SSSR count). The minimum Gasteiger partial charge on any atom is -0.464 e. The number of anilines is 2. The van der Waals surface area contributed by atoms with Gasteiger partial charge in [-0.1, -0.05) is 6.07 Å². The van der Waals surface area contributed by atoms with Gasteiger partial charge in [0.05, 0.1) is 6.04 Å². The van der Waals surface area contributed by atoms with Crippen LogP contribution in [0.3, 0.4) is 0 Å². The summed E-state index contributed by atoms with van der Waals surface area (Å²) in [4.78, 5) is 31.3. The van der Waals surface area contributed by atoms with Crippen LogP contribution in [0.5, 0.6) is 5.75 Å². The summed E-state index contributed by atoms with van der Waals surface area (Å²) in [5.41, 5.74) is 2.22. The molecule has 0 saturated carbocycles. The Balaban J connectivity index is 1.54. The Morgan fingerprint density at radius 2 is 2.14 bits per heavy atom. The van der Waals surface area contributed by atoms with Crippen molar-refractivity contribution in [3.63, 3.8) is 0 Å². The van der Waals surface area contributed by atoms with E-state index in [1.807, 2.05) is 17.0 Å². The predicted molar refractivity (Wildman–Crippen MR) is 103 cm³/mol. The summed E-state index contributed by atoms with van der Waals surface area (Å²) in [6.07, 6.45) is 4.56. The van der Waals surface area contributed by atoms with Crippen molar-refractivity contribution >= 4 is 23.4 Å². The van der Waals surface area contributed by atoms with E-state index >= 15 is 0 Å². The highest BCUT2D eigenvalue weighted by Crippen LogP contribution is 2.43. The van der Waals surface area contributed by atoms with Crippen LogP contribution in [0, 0.1) is 0 Å². The van der Waals surface area contributed by atoms with Gasteiger partial charge in [0.2, 0.25) is 0 Å². The number of carbonyl (C=O) groups is 2. The van der Waals surface area contributed by atoms with Crippen molar-refractivity contribution in [3.8, 4) is 5.75 Å². The molecule has 2 aliphatic rings. The normalized spacial score (nSPS) is 17.7. The van der Waals surface area contributed by atoms with Gasteiger partial charge in [-0.25, -0.2) is 9.78 Å². The van der Waals surface area contributed by atoms with E-state index in [9.17, 15) is 9.59 Å². The molecule has 1 unspecified atom stereocenters. The van der Waals surface area contributed by atoms with Gasteiger partial charge in [0.15, 0.2) is 18.4 Å². The maximum absolute atomic E-state index is 12.7. The van der Waals surface area contributed by atoms with E-state index < -0.39 is 6.03 Å². The lowest BCUT2D eigenvalue weighted by molar-refractivity contribution is 0.0514. The molecule has 2 aromatic rings. The molecule has 3 amide bonds. The van der Waals surface area contributed by atoms with Gasteiger partial charge in [0.25, 0.3) is 5.91 Å². The Morgan fingerprint density at radius 1 is 1.25 bits per heavy atom. The first-order chi connectivity index (χ1) is 13.7. The molecule has 146 valence electrons. The molecular formula is C20H22N4O4. The number of urea groups is 1. The van der Waals surface area contributed by atoms with Gasteiger partial charge in [0.1, 0.15) is 0 Å². The zero-order valence-electron chi connectivity index (χ0n) is 15.6. The lowest BCUT2D eigenvalue weighted by Crippen LogP contribution is -2.32. The second-order valence-corrected chi connectivity index (χ2v) is 6.76. The number of carbonyl (C=O) groups excluding carboxylic acids is 2. The number of aromatic nitrogens is 1. The van der Waals surface area contributed by atoms with Crippen LogP contribution in [0.2, 0.25) is 0 Å². The summed E-state index contributed by atoms with van der Waals surface area (Å²) in [6, 6.07) is 8.43. The first-order valence-corrected chi connectivity index (χ1v) is 9.27. The molecule has 0 radical (unpaired) electrons. The predicted octanol–water partition coefficient (Wildman–Crippen LogP) is 3.39. The zero-order chi connectivity index (χ0) is 19.5. The van der Waals surface area contributed by atoms with Crippen LogP contribution in [0.4, 0.5) is 16.3 Å². The van der Waals surface area contributed by atoms with E-state index in [0.717, 1.165) is 31.4 Å². The highest BCUT2D eigenvalue weighted by molar-refractivity contribution is 6.05. The number of piperidine rings is 1. The van der Waals surface area contributed by atoms with E-state index in [1.54, 1.807) is 24.4 Å². The quantitative estimate of drug-likeness (QED) is 0.774. The van der Waals surface area contributed by atoms with Crippen molar-refractivity contribution < 1.29 is 19.1 Å². The highest BCUT2D eigenvalue weighted by atomic mass is 16.7. The van der Waals surface area contributed by atoms with Crippen molar-refractivity contribution in [2.45, 2.75) is 25.3 Å². The number of pyridine rings is 1. The Bertz CT molecular complexity index is 902. The number of fused-ring (bicyclic) bond motifs is 3. The lowest BCUT2D eigenvalue weighted by Gasteiger charge is -2.30. The van der Waals surface area contributed by atoms with Gasteiger partial charge in [-0.2, -0.15) is 0 Å². The Morgan fingerprint density at radius 3 is 3.00 bits per heavy atom. The average Bonchev–Trinajstić information content (AvgIpc) is 3.01. The van der Waals surface area contributed by atoms with E-state index in [1.165, 1.54) is 7.11 Å². The molecule has 1 aromatic heterocycles. The molecule has 0 aliphatic carbocycles. The van der Waals surface area contributed by atoms with Crippen molar-refractivity contribution in [1.82, 2.24) is 9.88 Å². The number of ether oxygens (including phenoxy) is 2. The third kappa shape index (κ3) is 3.38. The molecule has 1 atom stereocenters. The molecule has 8 nitrogen and oxygen atoms in total. The molecule has 2 aliphatic heterocycles. The van der Waals surface area contributed by atoms with Crippen LogP contribution in [0.25, 0.3) is 0 Å². The number of benzene rings is 1. The minimum atomic E-state index is -0.448. The molecule has 28 heavy (non-hydrogen) atoms. The van der Waals surface area contributed by atoms with E-state index in [0.29, 0.717) is 22.8 Å². The van der Waals surface area contributed by atoms with Crippen molar-refractivity contribution in [2.75, 3.05) is 31.1 Å². The van der Waals surface area contributed by atoms with Crippen LogP contribution >= 0.6 is 0 Å². The average molecular weight is 382 g/mol. The highest BCUT2D eigenvalue weighted by Gasteiger charge is 2.39. The van der Waals surface area contributed by atoms with Crippen LogP contribution in [0.15, 0.2) is 36.5 Å². The van der Waals surface area contributed by atoms with Crippen molar-refractivity contribution in [2.24, 2.45) is 0 Å². The third-order valence-electron chi connectivity index (χ3n) is 5.02. The van der Waals surface area contributed by atoms with Crippen molar-refractivity contribution in [3.05, 3.63) is 47.7 Å². The fourth-order valence-electron chi connectivity index (χ4n) is 3.83. The molecule has 0 spiro atoms. The Kier molecular flexibility index (Phi) is 5.12. The first kappa shape index (κ1) is 18.2. The number of hydrogen-bond acceptors (Lipinski definition) is 5. The summed E-state index contributed by atoms with van der Waals surface area (Å²) >= 11 is 0. The molecular weight excluding hydrogens is 360 g/mol. The number of nitrogens with zero attached hydrogens (tertiary/aromatic N) is 2. The van der Waals surface area contributed by atoms with E-state index in [-0.39, 0.29) is 18.7 Å². The van der Waals surface area contributed by atoms with Crippen LogP contribution in [0.1, 0.15) is 41.2 Å². The molecule has 1 aromatic carbocycles. The van der Waals surface area contributed by atoms with Gasteiger partial charge in [-0.3, -0.25) is 10.1 Å². The fourth-order valence-corrected chi connectivity index (χ4v) is 3.83. The number of methoxy groups -OCH3 is 1. The van der Waals surface area contributed by atoms with Crippen molar-refractivity contribution in [1.29, 1.82) is 0 Å². The fraction of sp³-hybridized carbons (Fsp3) is 0.350. The van der Waals surface area contributed by atoms with Gasteiger partial charge >= 0.3 is 6.03 Å². The van der Waals surface area contributed by atoms with Crippen LogP contribution in [-0.4, -0.2) is 42.3 Å². The summed E-state index contributed by atoms with van der Waals surface area (Å²) < 4.78 is 10.3. The van der Waals surface area contributed by atoms with Gasteiger partial charge in [-0.15, -0.1) is 0 Å². The van der Waals surface area contributed by atoms with Gasteiger partial charge < -0.3 is 19.7 Å². The lowest BCUT2D eigenvalue weighted by atomic mass is 9.96. The van der Waals surface area contributed by atoms with Gasteiger partial charge in [0, 0.05) is 36.7 Å². The maximum Gasteiger partial charge on any atom is 0.324 e. The largest absolute Gasteiger partial charge is 0.464 e. The summed E-state index contributed by atoms with van der Waals surface area (Å²) in [5.74, 6) is 0.746. The third-order valence-corrected chi connectivity index (χ3v) is 5.02. The van der Waals surface area contributed by atoms with E-state index in [4.69, 9.17) is 9.47 Å². The molecule has 8 heteroatoms. The SMILES string of the molecule is COCOc1cccnc1NC(=O)Nc1cccc2c1C1CCCCN1C2=O. The Hall–Kier alpha value is -3.13. The summed E-state index contributed by atoms with van der Waals surface area (Å²) in [7, 11) is 1.52. The van der Waals surface area contributed by atoms with Gasteiger partial charge in [-0.05, 0) is 43.5 Å². The first-order valence-electron chi connectivity index (χ1n) is 9.27. The standard InChI is InChI=1S/C20H22N4O4/c1-27-12-28-16-9-5-10-21-18(16)23-20(26)22-14-7-4-6-13-17(14)15-8-2-3-11-24(15)19(13)25/h4-7,9-10,15H,2-3,8,11-12H2,1H3,(H2,21,22,23,26). The summed E-state index contributed by atoms with van der Waals surface area (Å²) in [6.45, 7) is 0.811. The minimum absolute atomic E-state index is 0.0307. The zero-order valence-corrected chi connectivity index (χ0v) is 15.6. The molecule has 2 N–H and O–H groups in total. The molecule has 1 saturated heterocycles. The summed E-state index contributed by atoms with van der Waals surface area (Å²) in [5, 5.41) is 5.57. The molecule has 1 fully saturated rings. The van der Waals surface area contributed by atoms with Crippen LogP contribution < -0.4 is 15.4 Å². The second kappa shape index (κ2) is 7.85. The van der Waals surface area contributed by atoms with Crippen LogP contribution in [-0.2, 0) is 4.74 Å². The number of amides is 3. The number of nitrogens with one attached hydrogen (secondary N) is 2. The smallest absolute Gasteiger partial charge is 0.324 e. The van der Waals surface area contributed by atoms with E-state index in [2.05, 4.69) is 15.6 Å². The number of hydrogen-bond donors (Lipinski definition) is 2. The second-order valence-electron chi connectivity index (χ2n) is 6.76. The molecule has 3 heterocycles. The number of rotatable bonds is 5. The molecule has 0 bridgehead atoms.